The molecule has 0 saturated heterocycles. The Labute approximate surface area is 214 Å². The number of nitrogens with zero attached hydrogens (tertiary/aromatic N) is 6. The van der Waals surface area contributed by atoms with Crippen LogP contribution in [0.3, 0.4) is 0 Å². The molecule has 3 aromatic rings. The molecule has 190 valence electrons. The van der Waals surface area contributed by atoms with E-state index in [2.05, 4.69) is 53.0 Å². The fourth-order valence-corrected chi connectivity index (χ4v) is 3.62. The summed E-state index contributed by atoms with van der Waals surface area (Å²) in [5.74, 6) is 1.77. The average Bonchev–Trinajstić information content (AvgIpc) is 2.89. The van der Waals surface area contributed by atoms with Crippen LogP contribution in [0.1, 0.15) is 24.0 Å². The molecule has 1 aromatic heterocycles. The van der Waals surface area contributed by atoms with Crippen molar-refractivity contribution in [3.05, 3.63) is 71.9 Å². The predicted molar refractivity (Wildman–Crippen MR) is 150 cm³/mol. The van der Waals surface area contributed by atoms with Crippen molar-refractivity contribution in [2.24, 2.45) is 21.5 Å². The van der Waals surface area contributed by atoms with E-state index in [1.807, 2.05) is 54.6 Å². The summed E-state index contributed by atoms with van der Waals surface area (Å²) in [5, 5.41) is 0. The number of hydrogen-bond donors (Lipinski definition) is 2. The van der Waals surface area contributed by atoms with Crippen LogP contribution in [0.15, 0.2) is 70.8 Å². The van der Waals surface area contributed by atoms with E-state index < -0.39 is 0 Å². The van der Waals surface area contributed by atoms with Gasteiger partial charge >= 0.3 is 0 Å². The maximum Gasteiger partial charge on any atom is 0.159 e. The molecule has 0 bridgehead atoms. The summed E-state index contributed by atoms with van der Waals surface area (Å²) in [5.41, 5.74) is 16.9. The molecule has 0 spiro atoms. The Kier molecular flexibility index (Phi) is 10.1. The van der Waals surface area contributed by atoms with Gasteiger partial charge in [-0.15, -0.1) is 0 Å². The Bertz CT molecular complexity index is 1060. The number of nitrogens with two attached hydrogens (primary N) is 2. The zero-order chi connectivity index (χ0) is 25.9. The molecule has 0 atom stereocenters. The molecule has 1 heterocycles. The highest BCUT2D eigenvalue weighted by Crippen LogP contribution is 2.22. The molecule has 2 aromatic carbocycles. The van der Waals surface area contributed by atoms with Crippen LogP contribution in [0.2, 0.25) is 0 Å². The van der Waals surface area contributed by atoms with Crippen LogP contribution in [0.5, 0.6) is 0 Å². The Morgan fingerprint density at radius 1 is 0.694 bits per heavy atom. The summed E-state index contributed by atoms with van der Waals surface area (Å²) in [4.78, 5) is 22.5. The first-order chi connectivity index (χ1) is 17.3. The van der Waals surface area contributed by atoms with Crippen molar-refractivity contribution in [3.63, 3.8) is 0 Å². The largest absolute Gasteiger partial charge is 0.384 e. The van der Waals surface area contributed by atoms with E-state index in [9.17, 15) is 0 Å². The molecule has 0 aliphatic rings. The van der Waals surface area contributed by atoms with Crippen LogP contribution in [0.4, 0.5) is 0 Å². The lowest BCUT2D eigenvalue weighted by atomic mass is 10.1. The van der Waals surface area contributed by atoms with E-state index in [0.29, 0.717) is 30.6 Å². The Hall–Kier alpha value is -3.62. The molecule has 0 fully saturated rings. The summed E-state index contributed by atoms with van der Waals surface area (Å²) in [7, 11) is 8.22. The van der Waals surface area contributed by atoms with Crippen molar-refractivity contribution in [1.82, 2.24) is 19.8 Å². The van der Waals surface area contributed by atoms with Crippen molar-refractivity contribution in [1.29, 1.82) is 0 Å². The lowest BCUT2D eigenvalue weighted by Gasteiger charge is -2.08. The first-order valence-electron chi connectivity index (χ1n) is 12.3. The predicted octanol–water partition coefficient (Wildman–Crippen LogP) is 3.12. The third-order valence-corrected chi connectivity index (χ3v) is 5.66. The normalized spacial score (nSPS) is 12.5. The van der Waals surface area contributed by atoms with Gasteiger partial charge in [-0.25, -0.2) is 9.97 Å². The maximum absolute atomic E-state index is 6.17. The van der Waals surface area contributed by atoms with Crippen LogP contribution in [-0.2, 0) is 0 Å². The number of aromatic nitrogens is 2. The van der Waals surface area contributed by atoms with Crippen LogP contribution in [-0.4, -0.2) is 85.8 Å². The summed E-state index contributed by atoms with van der Waals surface area (Å²) in [6.45, 7) is 3.41. The highest BCUT2D eigenvalue weighted by Gasteiger charge is 2.07. The molecule has 0 unspecified atom stereocenters. The first-order valence-corrected chi connectivity index (χ1v) is 12.3. The molecular formula is C28H38N8. The summed E-state index contributed by atoms with van der Waals surface area (Å²) in [6.07, 6.45) is 3.73. The van der Waals surface area contributed by atoms with Crippen LogP contribution < -0.4 is 11.5 Å². The fourth-order valence-electron chi connectivity index (χ4n) is 3.62. The monoisotopic (exact) mass is 486 g/mol. The Balaban J connectivity index is 1.67. The van der Waals surface area contributed by atoms with Crippen molar-refractivity contribution in [3.8, 4) is 22.6 Å². The third-order valence-electron chi connectivity index (χ3n) is 5.66. The molecule has 0 radical (unpaired) electrons. The van der Waals surface area contributed by atoms with Gasteiger partial charge in [-0.2, -0.15) is 0 Å². The molecule has 36 heavy (non-hydrogen) atoms. The van der Waals surface area contributed by atoms with Gasteiger partial charge in [-0.3, -0.25) is 9.98 Å². The quantitative estimate of drug-likeness (QED) is 0.231. The van der Waals surface area contributed by atoms with Gasteiger partial charge in [-0.05, 0) is 60.2 Å². The SMILES string of the molecule is CN(C)CCCN=C(N)c1ccc(-c2ccnc(-c3ccc(C(N)=NCCCN(C)C)cc3)n2)cc1. The second kappa shape index (κ2) is 13.5. The van der Waals surface area contributed by atoms with Gasteiger partial charge in [0.05, 0.1) is 5.69 Å². The van der Waals surface area contributed by atoms with Gasteiger partial charge in [-0.1, -0.05) is 48.5 Å². The van der Waals surface area contributed by atoms with Gasteiger partial charge in [0.25, 0.3) is 0 Å². The zero-order valence-electron chi connectivity index (χ0n) is 21.9. The maximum atomic E-state index is 6.17. The highest BCUT2D eigenvalue weighted by molar-refractivity contribution is 5.98. The Morgan fingerprint density at radius 2 is 1.17 bits per heavy atom. The molecular weight excluding hydrogens is 448 g/mol. The van der Waals surface area contributed by atoms with Crippen LogP contribution in [0, 0.1) is 0 Å². The van der Waals surface area contributed by atoms with E-state index in [-0.39, 0.29) is 0 Å². The van der Waals surface area contributed by atoms with Gasteiger partial charge in [0.2, 0.25) is 0 Å². The average molecular weight is 487 g/mol. The van der Waals surface area contributed by atoms with Crippen LogP contribution >= 0.6 is 0 Å². The topological polar surface area (TPSA) is 109 Å². The molecule has 0 amide bonds. The fraction of sp³-hybridized carbons (Fsp3) is 0.357. The second-order valence-corrected chi connectivity index (χ2v) is 9.27. The number of rotatable bonds is 12. The number of aliphatic imine (C=N–C) groups is 2. The first kappa shape index (κ1) is 27.0. The Morgan fingerprint density at radius 3 is 1.64 bits per heavy atom. The molecule has 0 aliphatic carbocycles. The van der Waals surface area contributed by atoms with Gasteiger partial charge in [0.15, 0.2) is 5.82 Å². The number of hydrogen-bond acceptors (Lipinski definition) is 6. The van der Waals surface area contributed by atoms with E-state index in [0.717, 1.165) is 53.9 Å². The van der Waals surface area contributed by atoms with E-state index >= 15 is 0 Å². The van der Waals surface area contributed by atoms with E-state index in [4.69, 9.17) is 16.5 Å². The van der Waals surface area contributed by atoms with E-state index in [1.54, 1.807) is 6.20 Å². The minimum atomic E-state index is 0.551. The van der Waals surface area contributed by atoms with Crippen molar-refractivity contribution >= 4 is 11.7 Å². The highest BCUT2D eigenvalue weighted by atomic mass is 15.1. The molecule has 3 rings (SSSR count). The lowest BCUT2D eigenvalue weighted by Crippen LogP contribution is -2.16. The summed E-state index contributed by atoms with van der Waals surface area (Å²) in [6, 6.07) is 17.8. The second-order valence-electron chi connectivity index (χ2n) is 9.27. The molecule has 0 aliphatic heterocycles. The van der Waals surface area contributed by atoms with Crippen molar-refractivity contribution < 1.29 is 0 Å². The standard InChI is InChI=1S/C28H38N8/c1-35(2)19-5-16-31-26(29)22-9-7-21(8-10-22)25-15-18-33-28(34-25)24-13-11-23(12-14-24)27(30)32-17-6-20-36(3)4/h7-15,18H,5-6,16-17,19-20H2,1-4H3,(H2,29,31)(H2,30,32). The minimum absolute atomic E-state index is 0.551. The van der Waals surface area contributed by atoms with Crippen molar-refractivity contribution in [2.45, 2.75) is 12.8 Å². The van der Waals surface area contributed by atoms with Crippen LogP contribution in [0.25, 0.3) is 22.6 Å². The van der Waals surface area contributed by atoms with Gasteiger partial charge in [0.1, 0.15) is 11.7 Å². The zero-order valence-corrected chi connectivity index (χ0v) is 21.9. The van der Waals surface area contributed by atoms with Gasteiger partial charge in [0, 0.05) is 41.5 Å². The molecule has 8 nitrogen and oxygen atoms in total. The molecule has 0 saturated carbocycles. The molecule has 8 heteroatoms. The minimum Gasteiger partial charge on any atom is -0.384 e. The number of benzene rings is 2. The van der Waals surface area contributed by atoms with Gasteiger partial charge < -0.3 is 21.3 Å². The summed E-state index contributed by atoms with van der Waals surface area (Å²) < 4.78 is 0. The van der Waals surface area contributed by atoms with Crippen molar-refractivity contribution in [2.75, 3.05) is 54.4 Å². The third kappa shape index (κ3) is 8.25. The smallest absolute Gasteiger partial charge is 0.159 e. The molecule has 4 N–H and O–H groups in total. The number of amidine groups is 2. The van der Waals surface area contributed by atoms with E-state index in [1.165, 1.54) is 0 Å². The summed E-state index contributed by atoms with van der Waals surface area (Å²) >= 11 is 0. The lowest BCUT2D eigenvalue weighted by molar-refractivity contribution is 0.403.